The molecule has 2 heterocycles. The summed E-state index contributed by atoms with van der Waals surface area (Å²) in [6, 6.07) is 7.69. The molecule has 0 amide bonds. The summed E-state index contributed by atoms with van der Waals surface area (Å²) in [6.45, 7) is 4.19. The van der Waals surface area contributed by atoms with Crippen molar-refractivity contribution in [2.24, 2.45) is 0 Å². The van der Waals surface area contributed by atoms with Gasteiger partial charge in [0, 0.05) is 32.8 Å². The third-order valence-electron chi connectivity index (χ3n) is 5.16. The molecular weight excluding hydrogens is 348 g/mol. The van der Waals surface area contributed by atoms with Gasteiger partial charge < -0.3 is 28.8 Å². The quantitative estimate of drug-likeness (QED) is 0.735. The molecule has 0 unspecified atom stereocenters. The number of aliphatic hydroxyl groups excluding tert-OH is 1. The molecule has 1 spiro atoms. The van der Waals surface area contributed by atoms with Crippen LogP contribution in [0.15, 0.2) is 36.9 Å². The molecule has 3 rings (SSSR count). The maximum Gasteiger partial charge on any atom is 0.176 e. The molecule has 0 radical (unpaired) electrons. The predicted molar refractivity (Wildman–Crippen MR) is 100 cm³/mol. The van der Waals surface area contributed by atoms with E-state index in [0.717, 1.165) is 24.2 Å². The van der Waals surface area contributed by atoms with E-state index in [9.17, 15) is 5.11 Å². The van der Waals surface area contributed by atoms with E-state index in [0.29, 0.717) is 25.9 Å². The summed E-state index contributed by atoms with van der Waals surface area (Å²) in [5.41, 5.74) is 1.01. The Morgan fingerprint density at radius 1 is 1.19 bits per heavy atom. The number of rotatable bonds is 7. The number of hydrogen-bond acceptors (Lipinski definition) is 6. The van der Waals surface area contributed by atoms with E-state index >= 15 is 0 Å². The van der Waals surface area contributed by atoms with Crippen LogP contribution in [0.5, 0.6) is 5.75 Å². The Morgan fingerprint density at radius 3 is 2.63 bits per heavy atom. The minimum Gasteiger partial charge on any atom is -0.497 e. The van der Waals surface area contributed by atoms with Crippen LogP contribution in [0.2, 0.25) is 0 Å². The van der Waals surface area contributed by atoms with Crippen molar-refractivity contribution in [1.29, 1.82) is 0 Å². The van der Waals surface area contributed by atoms with Crippen LogP contribution in [0.1, 0.15) is 37.7 Å². The first kappa shape index (κ1) is 20.3. The fraction of sp³-hybridized carbons (Fsp3) is 0.619. The topological polar surface area (TPSA) is 66.4 Å². The molecular formula is C21H30O6. The number of ether oxygens (including phenoxy) is 5. The zero-order chi connectivity index (χ0) is 19.3. The van der Waals surface area contributed by atoms with Crippen molar-refractivity contribution < 1.29 is 28.8 Å². The van der Waals surface area contributed by atoms with Crippen LogP contribution in [-0.4, -0.2) is 49.7 Å². The maximum atomic E-state index is 10.4. The summed E-state index contributed by atoms with van der Waals surface area (Å²) >= 11 is 0. The lowest BCUT2D eigenvalue weighted by Gasteiger charge is -2.48. The first-order chi connectivity index (χ1) is 13.1. The lowest BCUT2D eigenvalue weighted by molar-refractivity contribution is -0.377. The smallest absolute Gasteiger partial charge is 0.176 e. The van der Waals surface area contributed by atoms with Crippen LogP contribution in [0.25, 0.3) is 0 Å². The summed E-state index contributed by atoms with van der Waals surface area (Å²) in [5, 5.41) is 10.4. The molecule has 150 valence electrons. The van der Waals surface area contributed by atoms with Gasteiger partial charge in [0.1, 0.15) is 5.75 Å². The first-order valence-corrected chi connectivity index (χ1v) is 9.47. The van der Waals surface area contributed by atoms with Crippen LogP contribution >= 0.6 is 0 Å². The Labute approximate surface area is 161 Å². The normalized spacial score (nSPS) is 33.7. The largest absolute Gasteiger partial charge is 0.497 e. The van der Waals surface area contributed by atoms with Gasteiger partial charge in [-0.25, -0.2) is 0 Å². The molecule has 6 nitrogen and oxygen atoms in total. The third-order valence-corrected chi connectivity index (χ3v) is 5.16. The molecule has 1 aromatic rings. The van der Waals surface area contributed by atoms with Crippen molar-refractivity contribution in [3.63, 3.8) is 0 Å². The van der Waals surface area contributed by atoms with Crippen LogP contribution in [0, 0.1) is 0 Å². The van der Waals surface area contributed by atoms with Gasteiger partial charge in [-0.1, -0.05) is 18.2 Å². The molecule has 1 N–H and O–H groups in total. The fourth-order valence-electron chi connectivity index (χ4n) is 3.85. The molecule has 5 atom stereocenters. The zero-order valence-electron chi connectivity index (χ0n) is 16.1. The van der Waals surface area contributed by atoms with E-state index in [4.69, 9.17) is 23.7 Å². The first-order valence-electron chi connectivity index (χ1n) is 9.47. The van der Waals surface area contributed by atoms with Crippen molar-refractivity contribution in [3.8, 4) is 5.75 Å². The van der Waals surface area contributed by atoms with Gasteiger partial charge in [-0.2, -0.15) is 0 Å². The third kappa shape index (κ3) is 5.30. The van der Waals surface area contributed by atoms with Crippen molar-refractivity contribution in [1.82, 2.24) is 0 Å². The van der Waals surface area contributed by atoms with E-state index in [1.165, 1.54) is 0 Å². The molecule has 0 aromatic heterocycles. The fourth-order valence-corrected chi connectivity index (χ4v) is 3.85. The van der Waals surface area contributed by atoms with Gasteiger partial charge in [-0.05, 0) is 24.1 Å². The number of aliphatic hydroxyl groups is 1. The maximum absolute atomic E-state index is 10.4. The van der Waals surface area contributed by atoms with E-state index in [1.54, 1.807) is 14.2 Å². The van der Waals surface area contributed by atoms with Crippen LogP contribution in [-0.2, 0) is 25.6 Å². The minimum absolute atomic E-state index is 0.0243. The lowest BCUT2D eigenvalue weighted by atomic mass is 9.90. The van der Waals surface area contributed by atoms with Gasteiger partial charge in [-0.3, -0.25) is 0 Å². The summed E-state index contributed by atoms with van der Waals surface area (Å²) in [4.78, 5) is 0. The van der Waals surface area contributed by atoms with Gasteiger partial charge >= 0.3 is 0 Å². The highest BCUT2D eigenvalue weighted by Gasteiger charge is 2.48. The molecule has 27 heavy (non-hydrogen) atoms. The molecule has 2 aliphatic heterocycles. The predicted octanol–water partition coefficient (Wildman–Crippen LogP) is 3.18. The van der Waals surface area contributed by atoms with Gasteiger partial charge in [0.15, 0.2) is 12.1 Å². The Bertz CT molecular complexity index is 603. The summed E-state index contributed by atoms with van der Waals surface area (Å²) in [5.74, 6) is -0.0778. The standard InChI is InChI=1S/C21H30O6/c1-4-5-18-11-19(24-3)13-21(26-18)12-16(22)10-20(27-21)25-14-15-6-8-17(23-2)9-7-15/h4,6-9,16,18-20,22H,1,5,10-14H2,2-3H3/t16-,18+,19-,20+,21-/m0/s1. The van der Waals surface area contributed by atoms with Crippen molar-refractivity contribution in [3.05, 3.63) is 42.5 Å². The SMILES string of the molecule is C=CC[C@@H]1C[C@H](OC)C[C@@]2(C[C@@H](O)C[C@H](OCc3ccc(OC)cc3)O2)O1. The Kier molecular flexibility index (Phi) is 6.89. The number of benzene rings is 1. The molecule has 0 aliphatic carbocycles. The van der Waals surface area contributed by atoms with Gasteiger partial charge in [0.2, 0.25) is 0 Å². The van der Waals surface area contributed by atoms with Gasteiger partial charge in [0.05, 0.1) is 32.0 Å². The van der Waals surface area contributed by atoms with E-state index in [-0.39, 0.29) is 12.2 Å². The molecule has 2 saturated heterocycles. The molecule has 1 aromatic carbocycles. The zero-order valence-corrected chi connectivity index (χ0v) is 16.1. The van der Waals surface area contributed by atoms with E-state index in [1.807, 2.05) is 30.3 Å². The van der Waals surface area contributed by atoms with Crippen LogP contribution in [0.4, 0.5) is 0 Å². The van der Waals surface area contributed by atoms with E-state index < -0.39 is 18.2 Å². The van der Waals surface area contributed by atoms with Crippen molar-refractivity contribution in [2.45, 2.75) is 69.1 Å². The average Bonchev–Trinajstić information content (AvgIpc) is 2.66. The van der Waals surface area contributed by atoms with Crippen molar-refractivity contribution >= 4 is 0 Å². The highest BCUT2D eigenvalue weighted by Crippen LogP contribution is 2.41. The minimum atomic E-state index is -0.880. The molecule has 0 bridgehead atoms. The molecule has 2 fully saturated rings. The monoisotopic (exact) mass is 378 g/mol. The second-order valence-corrected chi connectivity index (χ2v) is 7.27. The summed E-state index contributed by atoms with van der Waals surface area (Å²) in [7, 11) is 3.34. The van der Waals surface area contributed by atoms with Gasteiger partial charge in [-0.15, -0.1) is 6.58 Å². The Morgan fingerprint density at radius 2 is 1.96 bits per heavy atom. The Hall–Kier alpha value is -1.44. The molecule has 0 saturated carbocycles. The van der Waals surface area contributed by atoms with Crippen LogP contribution in [0.3, 0.4) is 0 Å². The summed E-state index contributed by atoms with van der Waals surface area (Å²) < 4.78 is 29.2. The highest BCUT2D eigenvalue weighted by atomic mass is 16.8. The van der Waals surface area contributed by atoms with Crippen molar-refractivity contribution in [2.75, 3.05) is 14.2 Å². The number of methoxy groups -OCH3 is 2. The average molecular weight is 378 g/mol. The molecule has 6 heteroatoms. The Balaban J connectivity index is 1.64. The van der Waals surface area contributed by atoms with E-state index in [2.05, 4.69) is 6.58 Å². The highest BCUT2D eigenvalue weighted by molar-refractivity contribution is 5.26. The lowest BCUT2D eigenvalue weighted by Crippen LogP contribution is -2.55. The molecule has 2 aliphatic rings. The van der Waals surface area contributed by atoms with Gasteiger partial charge in [0.25, 0.3) is 0 Å². The van der Waals surface area contributed by atoms with Crippen LogP contribution < -0.4 is 4.74 Å². The second-order valence-electron chi connectivity index (χ2n) is 7.27. The summed E-state index contributed by atoms with van der Waals surface area (Å²) in [6.07, 6.45) is 3.69. The second kappa shape index (κ2) is 9.17. The number of hydrogen-bond donors (Lipinski definition) is 1.